The molecule has 39 heavy (non-hydrogen) atoms. The zero-order chi connectivity index (χ0) is 27.5. The van der Waals surface area contributed by atoms with E-state index in [1.54, 1.807) is 0 Å². The molecule has 0 bridgehead atoms. The van der Waals surface area contributed by atoms with Gasteiger partial charge >= 0.3 is 6.03 Å². The largest absolute Gasteiger partial charge is 0.322 e. The second-order valence-corrected chi connectivity index (χ2v) is 11.5. The number of unbranched alkanes of at least 4 members (excludes halogenated alkanes) is 1. The number of urea groups is 1. The minimum absolute atomic E-state index is 0.00994. The van der Waals surface area contributed by atoms with Crippen LogP contribution in [0.3, 0.4) is 0 Å². The smallest absolute Gasteiger partial charge is 0.317 e. The van der Waals surface area contributed by atoms with Crippen molar-refractivity contribution in [3.05, 3.63) is 90.0 Å². The maximum absolute atomic E-state index is 14.0. The summed E-state index contributed by atoms with van der Waals surface area (Å²) in [7, 11) is 0. The van der Waals surface area contributed by atoms with Crippen LogP contribution >= 0.6 is 0 Å². The normalized spacial score (nSPS) is 14.8. The molecule has 1 fully saturated rings. The number of nitrogens with zero attached hydrogens (tertiary/aromatic N) is 1. The molecule has 4 heteroatoms. The van der Waals surface area contributed by atoms with E-state index in [0.717, 1.165) is 50.9 Å². The zero-order valence-electron chi connectivity index (χ0n) is 24.2. The first-order chi connectivity index (χ1) is 19.0. The lowest BCUT2D eigenvalue weighted by Gasteiger charge is -2.39. The first-order valence-electron chi connectivity index (χ1n) is 15.0. The van der Waals surface area contributed by atoms with Crippen molar-refractivity contribution in [2.75, 3.05) is 18.4 Å². The summed E-state index contributed by atoms with van der Waals surface area (Å²) in [5.41, 5.74) is 5.79. The fraction of sp³-hybridized carbons (Fsp3) is 0.457. The van der Waals surface area contributed by atoms with E-state index in [0.29, 0.717) is 18.4 Å². The molecule has 1 heterocycles. The summed E-state index contributed by atoms with van der Waals surface area (Å²) >= 11 is 0. The van der Waals surface area contributed by atoms with Crippen LogP contribution in [0.15, 0.2) is 78.9 Å². The van der Waals surface area contributed by atoms with Gasteiger partial charge in [-0.3, -0.25) is 0 Å². The van der Waals surface area contributed by atoms with E-state index in [-0.39, 0.29) is 12.1 Å². The number of carbonyl (C=O) groups excluding carboxylic acids is 1. The lowest BCUT2D eigenvalue weighted by molar-refractivity contribution is 0.126. The van der Waals surface area contributed by atoms with E-state index in [4.69, 9.17) is 0 Å². The Morgan fingerprint density at radius 3 is 2.15 bits per heavy atom. The summed E-state index contributed by atoms with van der Waals surface area (Å²) in [6.07, 6.45) is 7.86. The van der Waals surface area contributed by atoms with Crippen LogP contribution in [0.5, 0.6) is 0 Å². The lowest BCUT2D eigenvalue weighted by Crippen LogP contribution is -2.48. The van der Waals surface area contributed by atoms with Gasteiger partial charge in [0, 0.05) is 18.3 Å². The molecule has 4 nitrogen and oxygen atoms in total. The molecule has 0 spiro atoms. The van der Waals surface area contributed by atoms with Crippen LogP contribution < -0.4 is 10.6 Å². The van der Waals surface area contributed by atoms with Gasteiger partial charge in [-0.05, 0) is 97.8 Å². The molecule has 1 aliphatic rings. The third kappa shape index (κ3) is 8.69. The molecule has 2 amide bonds. The fourth-order valence-electron chi connectivity index (χ4n) is 5.68. The van der Waals surface area contributed by atoms with Crippen LogP contribution in [0.1, 0.15) is 70.4 Å². The molecular formula is C35H47N3O. The second kappa shape index (κ2) is 14.9. The molecule has 0 aliphatic carbocycles. The van der Waals surface area contributed by atoms with E-state index in [2.05, 4.69) is 109 Å². The summed E-state index contributed by atoms with van der Waals surface area (Å²) in [5.74, 6) is 1.12. The van der Waals surface area contributed by atoms with Gasteiger partial charge in [-0.25, -0.2) is 4.79 Å². The van der Waals surface area contributed by atoms with Crippen LogP contribution in [-0.2, 0) is 13.0 Å². The van der Waals surface area contributed by atoms with Crippen LogP contribution in [0.25, 0.3) is 11.1 Å². The number of hydrogen-bond acceptors (Lipinski definition) is 2. The summed E-state index contributed by atoms with van der Waals surface area (Å²) in [6, 6.07) is 27.9. The van der Waals surface area contributed by atoms with Gasteiger partial charge in [0.05, 0.1) is 0 Å². The molecule has 0 saturated carbocycles. The van der Waals surface area contributed by atoms with E-state index >= 15 is 0 Å². The highest BCUT2D eigenvalue weighted by molar-refractivity contribution is 5.89. The Morgan fingerprint density at radius 2 is 1.51 bits per heavy atom. The number of amides is 2. The molecule has 1 aliphatic heterocycles. The molecule has 3 aromatic carbocycles. The number of rotatable bonds is 12. The van der Waals surface area contributed by atoms with E-state index < -0.39 is 0 Å². The average molecular weight is 526 g/mol. The van der Waals surface area contributed by atoms with Crippen molar-refractivity contribution in [3.8, 4) is 11.1 Å². The van der Waals surface area contributed by atoms with E-state index in [1.807, 2.05) is 6.07 Å². The lowest BCUT2D eigenvalue weighted by atomic mass is 9.85. The Kier molecular flexibility index (Phi) is 11.0. The number of piperidine rings is 1. The molecule has 2 N–H and O–H groups in total. The van der Waals surface area contributed by atoms with Crippen LogP contribution in [0.2, 0.25) is 0 Å². The molecule has 4 rings (SSSR count). The van der Waals surface area contributed by atoms with Crippen LogP contribution in [-0.4, -0.2) is 30.1 Å². The van der Waals surface area contributed by atoms with Crippen molar-refractivity contribution in [1.82, 2.24) is 10.2 Å². The first-order valence-corrected chi connectivity index (χ1v) is 15.0. The van der Waals surface area contributed by atoms with Crippen LogP contribution in [0.4, 0.5) is 10.5 Å². The van der Waals surface area contributed by atoms with Crippen molar-refractivity contribution < 1.29 is 4.79 Å². The minimum Gasteiger partial charge on any atom is -0.317 e. The molecule has 0 aromatic heterocycles. The monoisotopic (exact) mass is 525 g/mol. The number of aryl methyl sites for hydroxylation is 1. The summed E-state index contributed by atoms with van der Waals surface area (Å²) in [6.45, 7) is 9.46. The first kappa shape index (κ1) is 28.9. The van der Waals surface area contributed by atoms with Crippen molar-refractivity contribution in [1.29, 1.82) is 0 Å². The standard InChI is InChI=1S/C35H47N3O/c1-4-5-9-28-15-19-33(20-16-28)37-35(39)38(34(21-12-27(2)3)32-22-24-36-25-23-32)26-29-13-17-31(18-14-29)30-10-7-6-8-11-30/h6-8,10-11,13-20,27,32,34,36H,4-5,9,12,21-26H2,1-3H3,(H,37,39). The maximum atomic E-state index is 14.0. The van der Waals surface area contributed by atoms with Gasteiger partial charge in [-0.2, -0.15) is 0 Å². The van der Waals surface area contributed by atoms with Gasteiger partial charge in [0.15, 0.2) is 0 Å². The highest BCUT2D eigenvalue weighted by Gasteiger charge is 2.32. The quantitative estimate of drug-likeness (QED) is 0.249. The third-order valence-corrected chi connectivity index (χ3v) is 8.07. The van der Waals surface area contributed by atoms with Gasteiger partial charge in [-0.15, -0.1) is 0 Å². The predicted molar refractivity (Wildman–Crippen MR) is 165 cm³/mol. The number of anilines is 1. The third-order valence-electron chi connectivity index (χ3n) is 8.07. The average Bonchev–Trinajstić information content (AvgIpc) is 2.97. The summed E-state index contributed by atoms with van der Waals surface area (Å²) < 4.78 is 0. The Hall–Kier alpha value is -3.11. The van der Waals surface area contributed by atoms with Crippen molar-refractivity contribution in [3.63, 3.8) is 0 Å². The predicted octanol–water partition coefficient (Wildman–Crippen LogP) is 8.53. The van der Waals surface area contributed by atoms with E-state index in [1.165, 1.54) is 35.1 Å². The highest BCUT2D eigenvalue weighted by Crippen LogP contribution is 2.29. The van der Waals surface area contributed by atoms with E-state index in [9.17, 15) is 4.79 Å². The molecule has 3 aromatic rings. The Labute approximate surface area is 236 Å². The molecule has 0 radical (unpaired) electrons. The molecule has 1 saturated heterocycles. The van der Waals surface area contributed by atoms with Crippen molar-refractivity contribution in [2.45, 2.75) is 78.3 Å². The minimum atomic E-state index is 0.00994. The zero-order valence-corrected chi connectivity index (χ0v) is 24.2. The SMILES string of the molecule is CCCCc1ccc(NC(=O)N(Cc2ccc(-c3ccccc3)cc2)C(CCC(C)C)C2CCNCC2)cc1. The Balaban J connectivity index is 1.57. The van der Waals surface area contributed by atoms with Gasteiger partial charge in [-0.1, -0.05) is 93.9 Å². The fourth-order valence-corrected chi connectivity index (χ4v) is 5.68. The Bertz CT molecular complexity index is 1120. The van der Waals surface area contributed by atoms with Crippen molar-refractivity contribution in [2.24, 2.45) is 11.8 Å². The number of carbonyl (C=O) groups is 1. The molecule has 208 valence electrons. The second-order valence-electron chi connectivity index (χ2n) is 11.5. The van der Waals surface area contributed by atoms with Gasteiger partial charge in [0.25, 0.3) is 0 Å². The number of hydrogen-bond donors (Lipinski definition) is 2. The van der Waals surface area contributed by atoms with Gasteiger partial charge in [0.2, 0.25) is 0 Å². The molecular weight excluding hydrogens is 478 g/mol. The highest BCUT2D eigenvalue weighted by atomic mass is 16.2. The molecule has 1 unspecified atom stereocenters. The maximum Gasteiger partial charge on any atom is 0.322 e. The van der Waals surface area contributed by atoms with Gasteiger partial charge in [0.1, 0.15) is 0 Å². The van der Waals surface area contributed by atoms with Gasteiger partial charge < -0.3 is 15.5 Å². The number of benzene rings is 3. The topological polar surface area (TPSA) is 44.4 Å². The van der Waals surface area contributed by atoms with Crippen LogP contribution in [0, 0.1) is 11.8 Å². The van der Waals surface area contributed by atoms with Crippen molar-refractivity contribution >= 4 is 11.7 Å². The number of nitrogens with one attached hydrogen (secondary N) is 2. The molecule has 1 atom stereocenters. The summed E-state index contributed by atoms with van der Waals surface area (Å²) in [5, 5.41) is 6.78. The Morgan fingerprint density at radius 1 is 0.872 bits per heavy atom. The summed E-state index contributed by atoms with van der Waals surface area (Å²) in [4.78, 5) is 16.1.